The summed E-state index contributed by atoms with van der Waals surface area (Å²) in [5.74, 6) is 1.44. The van der Waals surface area contributed by atoms with Crippen LogP contribution in [-0.4, -0.2) is 74.9 Å². The van der Waals surface area contributed by atoms with Gasteiger partial charge in [-0.1, -0.05) is 19.1 Å². The second-order valence-corrected chi connectivity index (χ2v) is 8.03. The Bertz CT molecular complexity index is 898. The first-order valence-electron chi connectivity index (χ1n) is 11.2. The molecule has 0 spiro atoms. The number of ether oxygens (including phenoxy) is 2. The number of pyridine rings is 1. The Morgan fingerprint density at radius 2 is 2.06 bits per heavy atom. The molecule has 0 bridgehead atoms. The quantitative estimate of drug-likeness (QED) is 0.737. The number of nitrogens with one attached hydrogen (secondary N) is 1. The molecule has 1 N–H and O–H groups in total. The zero-order valence-corrected chi connectivity index (χ0v) is 18.5. The van der Waals surface area contributed by atoms with Gasteiger partial charge in [0.1, 0.15) is 11.6 Å². The maximum absolute atomic E-state index is 13.2. The number of methoxy groups -OCH3 is 1. The van der Waals surface area contributed by atoms with E-state index in [2.05, 4.69) is 22.0 Å². The van der Waals surface area contributed by atoms with E-state index in [4.69, 9.17) is 14.5 Å². The van der Waals surface area contributed by atoms with Crippen molar-refractivity contribution in [3.63, 3.8) is 0 Å². The summed E-state index contributed by atoms with van der Waals surface area (Å²) in [6.45, 7) is 7.72. The Morgan fingerprint density at radius 3 is 2.84 bits per heavy atom. The third kappa shape index (κ3) is 4.99. The molecule has 3 heterocycles. The highest BCUT2D eigenvalue weighted by Crippen LogP contribution is 2.27. The van der Waals surface area contributed by atoms with Crippen LogP contribution >= 0.6 is 0 Å². The Hall–Kier alpha value is -2.64. The molecule has 4 rings (SSSR count). The van der Waals surface area contributed by atoms with Crippen LogP contribution in [0.2, 0.25) is 0 Å². The van der Waals surface area contributed by atoms with Crippen LogP contribution in [0.4, 0.5) is 5.82 Å². The van der Waals surface area contributed by atoms with Gasteiger partial charge in [-0.25, -0.2) is 4.98 Å². The number of morpholine rings is 1. The highest BCUT2D eigenvalue weighted by molar-refractivity contribution is 5.99. The van der Waals surface area contributed by atoms with Gasteiger partial charge in [-0.05, 0) is 50.2 Å². The molecule has 0 aliphatic carbocycles. The molecule has 1 aromatic carbocycles. The van der Waals surface area contributed by atoms with Crippen molar-refractivity contribution >= 4 is 11.7 Å². The molecular weight excluding hydrogens is 392 g/mol. The standard InChI is InChI=1S/C24H32N4O3/c1-3-27-11-5-7-19(27)17-25-24(29)21-9-10-22(18-6-4-8-20(16-18)30-2)26-23(21)28-12-14-31-15-13-28/h4,6,8-10,16,19H,3,5,7,11-15,17H2,1-2H3,(H,25,29). The highest BCUT2D eigenvalue weighted by atomic mass is 16.5. The van der Waals surface area contributed by atoms with E-state index in [1.807, 2.05) is 36.4 Å². The van der Waals surface area contributed by atoms with Crippen molar-refractivity contribution in [2.45, 2.75) is 25.8 Å². The third-order valence-electron chi connectivity index (χ3n) is 6.20. The summed E-state index contributed by atoms with van der Waals surface area (Å²) in [6.07, 6.45) is 2.33. The van der Waals surface area contributed by atoms with Crippen molar-refractivity contribution < 1.29 is 14.3 Å². The number of likely N-dealkylation sites (N-methyl/N-ethyl adjacent to an activating group) is 1. The van der Waals surface area contributed by atoms with Crippen LogP contribution in [0.5, 0.6) is 5.75 Å². The Balaban J connectivity index is 1.59. The molecule has 1 atom stereocenters. The zero-order valence-electron chi connectivity index (χ0n) is 18.5. The van der Waals surface area contributed by atoms with E-state index in [1.165, 1.54) is 6.42 Å². The number of anilines is 1. The molecule has 2 fully saturated rings. The molecule has 1 unspecified atom stereocenters. The summed E-state index contributed by atoms with van der Waals surface area (Å²) < 4.78 is 10.9. The molecule has 2 aliphatic heterocycles. The molecular formula is C24H32N4O3. The van der Waals surface area contributed by atoms with Crippen molar-refractivity contribution in [3.8, 4) is 17.0 Å². The van der Waals surface area contributed by atoms with E-state index in [1.54, 1.807) is 7.11 Å². The van der Waals surface area contributed by atoms with Crippen LogP contribution in [0, 0.1) is 0 Å². The Kier molecular flexibility index (Phi) is 7.04. The first-order chi connectivity index (χ1) is 15.2. The topological polar surface area (TPSA) is 66.9 Å². The van der Waals surface area contributed by atoms with Crippen molar-refractivity contribution in [2.24, 2.45) is 0 Å². The van der Waals surface area contributed by atoms with Crippen LogP contribution < -0.4 is 15.0 Å². The maximum Gasteiger partial charge on any atom is 0.255 e. The van der Waals surface area contributed by atoms with E-state index < -0.39 is 0 Å². The van der Waals surface area contributed by atoms with Crippen LogP contribution in [-0.2, 0) is 4.74 Å². The summed E-state index contributed by atoms with van der Waals surface area (Å²) in [7, 11) is 1.66. The molecule has 0 saturated carbocycles. The monoisotopic (exact) mass is 424 g/mol. The number of amides is 1. The van der Waals surface area contributed by atoms with Crippen molar-refractivity contribution in [1.29, 1.82) is 0 Å². The number of hydrogen-bond acceptors (Lipinski definition) is 6. The second kappa shape index (κ2) is 10.1. The van der Waals surface area contributed by atoms with E-state index in [9.17, 15) is 4.79 Å². The number of rotatable bonds is 7. The van der Waals surface area contributed by atoms with E-state index >= 15 is 0 Å². The number of carbonyl (C=O) groups excluding carboxylic acids is 1. The summed E-state index contributed by atoms with van der Waals surface area (Å²) in [4.78, 5) is 22.7. The Labute approximate surface area is 184 Å². The predicted molar refractivity (Wildman–Crippen MR) is 122 cm³/mol. The van der Waals surface area contributed by atoms with Crippen LogP contribution in [0.3, 0.4) is 0 Å². The maximum atomic E-state index is 13.2. The average molecular weight is 425 g/mol. The molecule has 2 aromatic rings. The number of carbonyl (C=O) groups is 1. The Morgan fingerprint density at radius 1 is 1.23 bits per heavy atom. The fourth-order valence-electron chi connectivity index (χ4n) is 4.43. The first kappa shape index (κ1) is 21.6. The normalized spacial score (nSPS) is 19.4. The SMILES string of the molecule is CCN1CCCC1CNC(=O)c1ccc(-c2cccc(OC)c2)nc1N1CCOCC1. The number of aromatic nitrogens is 1. The van der Waals surface area contributed by atoms with E-state index in [0.717, 1.165) is 55.4 Å². The van der Waals surface area contributed by atoms with Gasteiger partial charge in [0.15, 0.2) is 0 Å². The summed E-state index contributed by atoms with van der Waals surface area (Å²) in [5, 5.41) is 3.16. The zero-order chi connectivity index (χ0) is 21.6. The average Bonchev–Trinajstić information content (AvgIpc) is 3.30. The van der Waals surface area contributed by atoms with Gasteiger partial charge in [0.25, 0.3) is 5.91 Å². The van der Waals surface area contributed by atoms with Gasteiger partial charge in [0.2, 0.25) is 0 Å². The second-order valence-electron chi connectivity index (χ2n) is 8.03. The van der Waals surface area contributed by atoms with Gasteiger partial charge in [-0.3, -0.25) is 9.69 Å². The van der Waals surface area contributed by atoms with Crippen molar-refractivity contribution in [2.75, 3.05) is 57.9 Å². The minimum atomic E-state index is -0.0610. The third-order valence-corrected chi connectivity index (χ3v) is 6.20. The van der Waals surface area contributed by atoms with Gasteiger partial charge in [-0.2, -0.15) is 0 Å². The molecule has 31 heavy (non-hydrogen) atoms. The van der Waals surface area contributed by atoms with Crippen molar-refractivity contribution in [1.82, 2.24) is 15.2 Å². The lowest BCUT2D eigenvalue weighted by Crippen LogP contribution is -2.41. The predicted octanol–water partition coefficient (Wildman–Crippen LogP) is 2.81. The molecule has 166 valence electrons. The fourth-order valence-corrected chi connectivity index (χ4v) is 4.43. The molecule has 2 aliphatic rings. The number of hydrogen-bond donors (Lipinski definition) is 1. The van der Waals surface area contributed by atoms with Gasteiger partial charge in [-0.15, -0.1) is 0 Å². The lowest BCUT2D eigenvalue weighted by molar-refractivity contribution is 0.0939. The number of nitrogens with zero attached hydrogens (tertiary/aromatic N) is 3. The van der Waals surface area contributed by atoms with Crippen LogP contribution in [0.15, 0.2) is 36.4 Å². The number of likely N-dealkylation sites (tertiary alicyclic amines) is 1. The molecule has 1 amide bonds. The molecule has 2 saturated heterocycles. The van der Waals surface area contributed by atoms with Crippen LogP contribution in [0.1, 0.15) is 30.1 Å². The summed E-state index contributed by atoms with van der Waals surface area (Å²) >= 11 is 0. The van der Waals surface area contributed by atoms with Crippen molar-refractivity contribution in [3.05, 3.63) is 42.0 Å². The van der Waals surface area contributed by atoms with E-state index in [0.29, 0.717) is 31.4 Å². The minimum Gasteiger partial charge on any atom is -0.497 e. The van der Waals surface area contributed by atoms with E-state index in [-0.39, 0.29) is 5.91 Å². The van der Waals surface area contributed by atoms with Crippen LogP contribution in [0.25, 0.3) is 11.3 Å². The number of benzene rings is 1. The molecule has 0 radical (unpaired) electrons. The lowest BCUT2D eigenvalue weighted by atomic mass is 10.1. The lowest BCUT2D eigenvalue weighted by Gasteiger charge is -2.30. The van der Waals surface area contributed by atoms with Gasteiger partial charge in [0.05, 0.1) is 31.6 Å². The fraction of sp³-hybridized carbons (Fsp3) is 0.500. The summed E-state index contributed by atoms with van der Waals surface area (Å²) in [5.41, 5.74) is 2.41. The van der Waals surface area contributed by atoms with Gasteiger partial charge < -0.3 is 19.7 Å². The summed E-state index contributed by atoms with van der Waals surface area (Å²) in [6, 6.07) is 12.1. The smallest absolute Gasteiger partial charge is 0.255 e. The largest absolute Gasteiger partial charge is 0.497 e. The molecule has 7 heteroatoms. The van der Waals surface area contributed by atoms with Gasteiger partial charge in [0, 0.05) is 31.2 Å². The minimum absolute atomic E-state index is 0.0610. The molecule has 1 aromatic heterocycles. The van der Waals surface area contributed by atoms with Gasteiger partial charge >= 0.3 is 0 Å². The molecule has 7 nitrogen and oxygen atoms in total. The first-order valence-corrected chi connectivity index (χ1v) is 11.2. The highest BCUT2D eigenvalue weighted by Gasteiger charge is 2.25.